The second kappa shape index (κ2) is 12.5. The molecule has 2 fully saturated rings. The van der Waals surface area contributed by atoms with E-state index in [1.807, 2.05) is 35.2 Å². The number of halogens is 7. The monoisotopic (exact) mass is 578 g/mol. The predicted molar refractivity (Wildman–Crippen MR) is 137 cm³/mol. The van der Waals surface area contributed by atoms with Gasteiger partial charge in [-0.05, 0) is 68.4 Å². The smallest absolute Gasteiger partial charge is 0.370 e. The van der Waals surface area contributed by atoms with Gasteiger partial charge in [0.2, 0.25) is 5.91 Å². The van der Waals surface area contributed by atoms with Crippen LogP contribution in [0.4, 0.5) is 26.3 Å². The summed E-state index contributed by atoms with van der Waals surface area (Å²) in [6.07, 6.45) is -7.92. The molecule has 0 radical (unpaired) electrons. The van der Waals surface area contributed by atoms with Crippen molar-refractivity contribution in [1.82, 2.24) is 4.90 Å². The van der Waals surface area contributed by atoms with E-state index in [-0.39, 0.29) is 47.8 Å². The Balaban J connectivity index is 0.00000420. The van der Waals surface area contributed by atoms with Crippen molar-refractivity contribution in [3.05, 3.63) is 70.8 Å². The Bertz CT molecular complexity index is 1070. The number of nitrogens with two attached hydrogens (primary N) is 1. The normalized spacial score (nSPS) is 25.1. The number of piperidine rings is 1. The van der Waals surface area contributed by atoms with E-state index in [1.165, 1.54) is 6.92 Å². The lowest BCUT2D eigenvalue weighted by Gasteiger charge is -2.41. The van der Waals surface area contributed by atoms with Gasteiger partial charge in [0.15, 0.2) is 0 Å². The lowest BCUT2D eigenvalue weighted by Crippen LogP contribution is -2.48. The first kappa shape index (κ1) is 31.2. The Morgan fingerprint density at radius 3 is 2.03 bits per heavy atom. The van der Waals surface area contributed by atoms with E-state index in [0.29, 0.717) is 31.6 Å². The number of nitrogens with zero attached hydrogens (tertiary/aromatic N) is 1. The van der Waals surface area contributed by atoms with Gasteiger partial charge < -0.3 is 15.4 Å². The minimum Gasteiger partial charge on any atom is -0.370 e. The highest BCUT2D eigenvalue weighted by Crippen LogP contribution is 2.40. The molecular weight excluding hydrogens is 546 g/mol. The summed E-state index contributed by atoms with van der Waals surface area (Å²) in [5.41, 5.74) is 3.94. The zero-order valence-electron chi connectivity index (χ0n) is 21.5. The summed E-state index contributed by atoms with van der Waals surface area (Å²) in [5.74, 6) is -0.305. The summed E-state index contributed by atoms with van der Waals surface area (Å²) >= 11 is 0. The molecule has 1 heterocycles. The van der Waals surface area contributed by atoms with Crippen molar-refractivity contribution in [2.24, 2.45) is 11.7 Å². The summed E-state index contributed by atoms with van der Waals surface area (Å²) < 4.78 is 86.5. The first-order valence-corrected chi connectivity index (χ1v) is 12.9. The zero-order chi connectivity index (χ0) is 27.7. The highest BCUT2D eigenvalue weighted by atomic mass is 35.5. The van der Waals surface area contributed by atoms with E-state index in [0.717, 1.165) is 31.2 Å². The van der Waals surface area contributed by atoms with Crippen LogP contribution in [0.3, 0.4) is 0 Å². The maximum atomic E-state index is 13.4. The number of carbonyl (C=O) groups is 1. The van der Waals surface area contributed by atoms with Crippen LogP contribution in [-0.2, 0) is 21.9 Å². The molecule has 39 heavy (non-hydrogen) atoms. The van der Waals surface area contributed by atoms with Gasteiger partial charge in [0.25, 0.3) is 0 Å². The summed E-state index contributed by atoms with van der Waals surface area (Å²) in [6.45, 7) is 2.22. The van der Waals surface area contributed by atoms with E-state index in [4.69, 9.17) is 10.5 Å². The van der Waals surface area contributed by atoms with E-state index in [2.05, 4.69) is 0 Å². The van der Waals surface area contributed by atoms with Gasteiger partial charge in [-0.2, -0.15) is 26.3 Å². The van der Waals surface area contributed by atoms with Crippen LogP contribution in [-0.4, -0.2) is 36.0 Å². The van der Waals surface area contributed by atoms with Gasteiger partial charge in [-0.15, -0.1) is 12.4 Å². The molecular formula is C28H33ClF6N2O2. The van der Waals surface area contributed by atoms with Gasteiger partial charge >= 0.3 is 12.4 Å². The number of amides is 1. The van der Waals surface area contributed by atoms with Crippen LogP contribution >= 0.6 is 12.4 Å². The van der Waals surface area contributed by atoms with Crippen molar-refractivity contribution in [2.75, 3.05) is 13.1 Å². The molecule has 4 rings (SSSR count). The Hall–Kier alpha value is -2.30. The SMILES string of the molecule is C[C@H](O[C@H]1CCN(C(=O)[C@H]2CC[C@H](N)CC2)C[C@H]1c1ccccc1)c1cc(C(F)(F)F)cc(C(F)(F)F)c1.Cl. The van der Waals surface area contributed by atoms with Crippen molar-refractivity contribution in [1.29, 1.82) is 0 Å². The molecule has 2 N–H and O–H groups in total. The molecule has 4 nitrogen and oxygen atoms in total. The van der Waals surface area contributed by atoms with Gasteiger partial charge in [0.1, 0.15) is 0 Å². The lowest BCUT2D eigenvalue weighted by atomic mass is 9.83. The zero-order valence-corrected chi connectivity index (χ0v) is 22.3. The number of carbonyl (C=O) groups excluding carboxylic acids is 1. The quantitative estimate of drug-likeness (QED) is 0.384. The van der Waals surface area contributed by atoms with Crippen LogP contribution in [0.5, 0.6) is 0 Å². The van der Waals surface area contributed by atoms with Gasteiger partial charge in [-0.3, -0.25) is 4.79 Å². The molecule has 1 saturated heterocycles. The third-order valence-corrected chi connectivity index (χ3v) is 7.67. The Labute approximate surface area is 230 Å². The van der Waals surface area contributed by atoms with E-state index < -0.39 is 35.7 Å². The highest BCUT2D eigenvalue weighted by Gasteiger charge is 2.39. The van der Waals surface area contributed by atoms with Crippen LogP contribution in [0.25, 0.3) is 0 Å². The number of rotatable bonds is 5. The van der Waals surface area contributed by atoms with E-state index in [9.17, 15) is 31.1 Å². The Morgan fingerprint density at radius 2 is 1.49 bits per heavy atom. The van der Waals surface area contributed by atoms with E-state index >= 15 is 0 Å². The van der Waals surface area contributed by atoms with E-state index in [1.54, 1.807) is 0 Å². The fraction of sp³-hybridized carbons (Fsp3) is 0.536. The first-order valence-electron chi connectivity index (χ1n) is 12.9. The standard InChI is InChI=1S/C28H32F6N2O2.ClH/c1-17(20-13-21(27(29,30)31)15-22(14-20)28(32,33)34)38-25-11-12-36(16-24(25)18-5-3-2-4-6-18)26(37)19-7-9-23(35)10-8-19;/h2-6,13-15,17,19,23-25H,7-12,16,35H2,1H3;1H/t17-,19-,23-,24-,25-;/m0./s1. The number of alkyl halides is 6. The third kappa shape index (κ3) is 7.67. The minimum atomic E-state index is -4.93. The molecule has 1 amide bonds. The molecule has 2 aliphatic rings. The first-order chi connectivity index (χ1) is 17.8. The minimum absolute atomic E-state index is 0. The number of ether oxygens (including phenoxy) is 1. The molecule has 0 bridgehead atoms. The summed E-state index contributed by atoms with van der Waals surface area (Å²) in [4.78, 5) is 15.1. The van der Waals surface area contributed by atoms with Gasteiger partial charge in [-0.1, -0.05) is 30.3 Å². The molecule has 3 atom stereocenters. The molecule has 0 unspecified atom stereocenters. The molecule has 1 aliphatic heterocycles. The number of hydrogen-bond donors (Lipinski definition) is 1. The number of hydrogen-bond acceptors (Lipinski definition) is 3. The summed E-state index contributed by atoms with van der Waals surface area (Å²) in [7, 11) is 0. The van der Waals surface area contributed by atoms with Crippen LogP contribution in [0.1, 0.15) is 73.3 Å². The average molecular weight is 579 g/mol. The maximum Gasteiger partial charge on any atom is 0.416 e. The predicted octanol–water partition coefficient (Wildman–Crippen LogP) is 7.13. The van der Waals surface area contributed by atoms with Gasteiger partial charge in [0.05, 0.1) is 23.3 Å². The fourth-order valence-corrected chi connectivity index (χ4v) is 5.49. The van der Waals surface area contributed by atoms with Crippen LogP contribution in [0, 0.1) is 5.92 Å². The van der Waals surface area contributed by atoms with Crippen LogP contribution < -0.4 is 5.73 Å². The molecule has 1 saturated carbocycles. The molecule has 11 heteroatoms. The van der Waals surface area contributed by atoms with Crippen molar-refractivity contribution >= 4 is 18.3 Å². The van der Waals surface area contributed by atoms with Crippen molar-refractivity contribution in [2.45, 2.75) is 75.5 Å². The Morgan fingerprint density at radius 1 is 0.923 bits per heavy atom. The van der Waals surface area contributed by atoms with Crippen molar-refractivity contribution < 1.29 is 35.9 Å². The largest absolute Gasteiger partial charge is 0.416 e. The topological polar surface area (TPSA) is 55.6 Å². The average Bonchev–Trinajstić information content (AvgIpc) is 2.88. The fourth-order valence-electron chi connectivity index (χ4n) is 5.49. The van der Waals surface area contributed by atoms with Crippen LogP contribution in [0.15, 0.2) is 48.5 Å². The van der Waals surface area contributed by atoms with Crippen molar-refractivity contribution in [3.8, 4) is 0 Å². The molecule has 216 valence electrons. The van der Waals surface area contributed by atoms with Gasteiger partial charge in [0, 0.05) is 31.0 Å². The second-order valence-electron chi connectivity index (χ2n) is 10.4. The molecule has 0 spiro atoms. The summed E-state index contributed by atoms with van der Waals surface area (Å²) in [6, 6.07) is 11.0. The third-order valence-electron chi connectivity index (χ3n) is 7.67. The highest BCUT2D eigenvalue weighted by molar-refractivity contribution is 5.85. The molecule has 2 aromatic carbocycles. The maximum absolute atomic E-state index is 13.4. The molecule has 2 aromatic rings. The molecule has 1 aliphatic carbocycles. The van der Waals surface area contributed by atoms with Crippen LogP contribution in [0.2, 0.25) is 0 Å². The lowest BCUT2D eigenvalue weighted by molar-refractivity contribution is -0.143. The summed E-state index contributed by atoms with van der Waals surface area (Å²) in [5, 5.41) is 0. The van der Waals surface area contributed by atoms with Crippen molar-refractivity contribution in [3.63, 3.8) is 0 Å². The number of likely N-dealkylation sites (tertiary alicyclic amines) is 1. The van der Waals surface area contributed by atoms with Gasteiger partial charge in [-0.25, -0.2) is 0 Å². The number of benzene rings is 2. The molecule has 0 aromatic heterocycles. The second-order valence-corrected chi connectivity index (χ2v) is 10.4. The Kier molecular flexibility index (Phi) is 9.99.